The van der Waals surface area contributed by atoms with Gasteiger partial charge in [0.15, 0.2) is 0 Å². The summed E-state index contributed by atoms with van der Waals surface area (Å²) in [5.74, 6) is -1.27. The van der Waals surface area contributed by atoms with Gasteiger partial charge in [-0.2, -0.15) is 0 Å². The Kier molecular flexibility index (Phi) is 2.65. The molecule has 4 heteroatoms. The summed E-state index contributed by atoms with van der Waals surface area (Å²) in [6.07, 6.45) is 0. The maximum Gasteiger partial charge on any atom is 0.345 e. The third-order valence-electron chi connectivity index (χ3n) is 2.43. The van der Waals surface area contributed by atoms with E-state index in [2.05, 4.69) is 0 Å². The number of rotatable bonds is 1. The molecule has 0 N–H and O–H groups in total. The number of halogens is 1. The molecule has 90 valence electrons. The van der Waals surface area contributed by atoms with E-state index in [-0.39, 0.29) is 5.82 Å². The van der Waals surface area contributed by atoms with E-state index in [4.69, 9.17) is 9.47 Å². The van der Waals surface area contributed by atoms with Gasteiger partial charge in [0.05, 0.1) is 0 Å². The largest absolute Gasteiger partial charge is 0.457 e. The summed E-state index contributed by atoms with van der Waals surface area (Å²) in [7, 11) is 0. The third kappa shape index (κ3) is 2.30. The Bertz CT molecular complexity index is 486. The van der Waals surface area contributed by atoms with Crippen LogP contribution in [-0.2, 0) is 14.3 Å². The van der Waals surface area contributed by atoms with Crippen molar-refractivity contribution in [3.63, 3.8) is 0 Å². The molecule has 1 aromatic rings. The van der Waals surface area contributed by atoms with Gasteiger partial charge in [-0.15, -0.1) is 0 Å². The van der Waals surface area contributed by atoms with Crippen LogP contribution in [0.15, 0.2) is 30.0 Å². The molecule has 0 spiro atoms. The van der Waals surface area contributed by atoms with Gasteiger partial charge in [0, 0.05) is 13.8 Å². The highest BCUT2D eigenvalue weighted by atomic mass is 19.1. The lowest BCUT2D eigenvalue weighted by atomic mass is 10.0. The first kappa shape index (κ1) is 11.6. The van der Waals surface area contributed by atoms with E-state index in [9.17, 15) is 9.18 Å². The van der Waals surface area contributed by atoms with Crippen LogP contribution in [0.25, 0.3) is 5.57 Å². The van der Waals surface area contributed by atoms with Crippen molar-refractivity contribution >= 4 is 11.5 Å². The van der Waals surface area contributed by atoms with Crippen LogP contribution < -0.4 is 0 Å². The number of hydrogen-bond acceptors (Lipinski definition) is 3. The normalized spacial score (nSPS) is 18.7. The third-order valence-corrected chi connectivity index (χ3v) is 2.43. The fourth-order valence-electron chi connectivity index (χ4n) is 1.80. The van der Waals surface area contributed by atoms with Crippen molar-refractivity contribution in [3.8, 4) is 0 Å². The van der Waals surface area contributed by atoms with E-state index >= 15 is 0 Å². The van der Waals surface area contributed by atoms with Crippen molar-refractivity contribution in [1.29, 1.82) is 0 Å². The Morgan fingerprint density at radius 1 is 1.12 bits per heavy atom. The molecule has 3 nitrogen and oxygen atoms in total. The van der Waals surface area contributed by atoms with E-state index in [1.165, 1.54) is 24.3 Å². The van der Waals surface area contributed by atoms with E-state index < -0.39 is 11.8 Å². The van der Waals surface area contributed by atoms with Crippen molar-refractivity contribution in [2.45, 2.75) is 26.6 Å². The monoisotopic (exact) mass is 236 g/mol. The first-order valence-electron chi connectivity index (χ1n) is 5.28. The first-order chi connectivity index (χ1) is 7.89. The minimum Gasteiger partial charge on any atom is -0.457 e. The van der Waals surface area contributed by atoms with Gasteiger partial charge in [-0.05, 0) is 24.6 Å². The molecule has 0 aliphatic carbocycles. The van der Waals surface area contributed by atoms with Crippen LogP contribution in [0.2, 0.25) is 0 Å². The van der Waals surface area contributed by atoms with E-state index in [0.29, 0.717) is 16.9 Å². The van der Waals surface area contributed by atoms with Crippen LogP contribution >= 0.6 is 0 Å². The average Bonchev–Trinajstić information content (AvgIpc) is 2.18. The number of cyclic esters (lactones) is 1. The van der Waals surface area contributed by atoms with Crippen molar-refractivity contribution in [2.75, 3.05) is 0 Å². The molecule has 1 aliphatic heterocycles. The lowest BCUT2D eigenvalue weighted by Gasteiger charge is -2.32. The summed E-state index contributed by atoms with van der Waals surface area (Å²) >= 11 is 0. The SMILES string of the molecule is CC1=C(c2ccc(F)cc2)C(=O)OC(C)(C)O1. The average molecular weight is 236 g/mol. The van der Waals surface area contributed by atoms with Crippen LogP contribution in [-0.4, -0.2) is 11.8 Å². The molecule has 0 saturated carbocycles. The van der Waals surface area contributed by atoms with Crippen molar-refractivity contribution < 1.29 is 18.7 Å². The van der Waals surface area contributed by atoms with Crippen LogP contribution in [0, 0.1) is 5.82 Å². The van der Waals surface area contributed by atoms with Crippen molar-refractivity contribution in [1.82, 2.24) is 0 Å². The molecule has 0 aromatic heterocycles. The molecule has 1 aromatic carbocycles. The Labute approximate surface area is 98.8 Å². The predicted molar refractivity (Wildman–Crippen MR) is 60.3 cm³/mol. The highest BCUT2D eigenvalue weighted by molar-refractivity contribution is 6.17. The zero-order valence-electron chi connectivity index (χ0n) is 9.91. The van der Waals surface area contributed by atoms with Crippen LogP contribution in [0.4, 0.5) is 4.39 Å². The zero-order chi connectivity index (χ0) is 12.6. The fourth-order valence-corrected chi connectivity index (χ4v) is 1.80. The van der Waals surface area contributed by atoms with E-state index in [0.717, 1.165) is 0 Å². The van der Waals surface area contributed by atoms with E-state index in [1.807, 2.05) is 0 Å². The van der Waals surface area contributed by atoms with Gasteiger partial charge in [-0.25, -0.2) is 9.18 Å². The molecule has 17 heavy (non-hydrogen) atoms. The van der Waals surface area contributed by atoms with Gasteiger partial charge in [0.1, 0.15) is 17.1 Å². The minimum atomic E-state index is -0.954. The highest BCUT2D eigenvalue weighted by Gasteiger charge is 2.34. The van der Waals surface area contributed by atoms with Gasteiger partial charge in [-0.1, -0.05) is 12.1 Å². The number of allylic oxidation sites excluding steroid dienone is 1. The molecule has 0 atom stereocenters. The number of hydrogen-bond donors (Lipinski definition) is 0. The van der Waals surface area contributed by atoms with Gasteiger partial charge >= 0.3 is 5.97 Å². The summed E-state index contributed by atoms with van der Waals surface area (Å²) in [4.78, 5) is 11.9. The smallest absolute Gasteiger partial charge is 0.345 e. The highest BCUT2D eigenvalue weighted by Crippen LogP contribution is 2.31. The minimum absolute atomic E-state index is 0.337. The number of carbonyl (C=O) groups excluding carboxylic acids is 1. The van der Waals surface area contributed by atoms with Gasteiger partial charge in [0.25, 0.3) is 0 Å². The summed E-state index contributed by atoms with van der Waals surface area (Å²) in [6.45, 7) is 5.02. The van der Waals surface area contributed by atoms with Crippen LogP contribution in [0.5, 0.6) is 0 Å². The Morgan fingerprint density at radius 2 is 1.71 bits per heavy atom. The summed E-state index contributed by atoms with van der Waals surface area (Å²) in [5.41, 5.74) is 0.925. The summed E-state index contributed by atoms with van der Waals surface area (Å²) < 4.78 is 23.4. The van der Waals surface area contributed by atoms with Crippen molar-refractivity contribution in [3.05, 3.63) is 41.4 Å². The second-order valence-corrected chi connectivity index (χ2v) is 4.33. The quantitative estimate of drug-likeness (QED) is 0.703. The molecule has 0 radical (unpaired) electrons. The number of esters is 1. The summed E-state index contributed by atoms with van der Waals surface area (Å²) in [5, 5.41) is 0. The van der Waals surface area contributed by atoms with Crippen LogP contribution in [0.3, 0.4) is 0 Å². The number of benzene rings is 1. The van der Waals surface area contributed by atoms with Gasteiger partial charge in [-0.3, -0.25) is 0 Å². The number of carbonyl (C=O) groups is 1. The molecule has 0 unspecified atom stereocenters. The lowest BCUT2D eigenvalue weighted by Crippen LogP contribution is -2.35. The Balaban J connectivity index is 2.44. The molecule has 0 fully saturated rings. The molecule has 2 rings (SSSR count). The maximum atomic E-state index is 12.8. The second kappa shape index (κ2) is 3.87. The standard InChI is InChI=1S/C13H13FO3/c1-8-11(9-4-6-10(14)7-5-9)12(15)17-13(2,3)16-8/h4-7H,1-3H3. The predicted octanol–water partition coefficient (Wildman–Crippen LogP) is 2.87. The molecular weight excluding hydrogens is 223 g/mol. The molecule has 0 amide bonds. The lowest BCUT2D eigenvalue weighted by molar-refractivity contribution is -0.202. The second-order valence-electron chi connectivity index (χ2n) is 4.33. The van der Waals surface area contributed by atoms with E-state index in [1.54, 1.807) is 20.8 Å². The topological polar surface area (TPSA) is 35.5 Å². The van der Waals surface area contributed by atoms with Gasteiger partial charge < -0.3 is 9.47 Å². The van der Waals surface area contributed by atoms with Crippen molar-refractivity contribution in [2.24, 2.45) is 0 Å². The Morgan fingerprint density at radius 3 is 2.24 bits per heavy atom. The molecule has 0 saturated heterocycles. The number of ether oxygens (including phenoxy) is 2. The van der Waals surface area contributed by atoms with Gasteiger partial charge in [0.2, 0.25) is 5.79 Å². The fraction of sp³-hybridized carbons (Fsp3) is 0.308. The first-order valence-corrected chi connectivity index (χ1v) is 5.28. The molecule has 1 aliphatic rings. The summed E-state index contributed by atoms with van der Waals surface area (Å²) in [6, 6.07) is 5.64. The molecule has 1 heterocycles. The van der Waals surface area contributed by atoms with Crippen LogP contribution in [0.1, 0.15) is 26.3 Å². The molecule has 0 bridgehead atoms. The Hall–Kier alpha value is -1.84. The zero-order valence-corrected chi connectivity index (χ0v) is 9.91. The molecular formula is C13H13FO3. The maximum absolute atomic E-state index is 12.8.